The highest BCUT2D eigenvalue weighted by Gasteiger charge is 2.30. The van der Waals surface area contributed by atoms with E-state index >= 15 is 0 Å². The van der Waals surface area contributed by atoms with Crippen LogP contribution >= 0.6 is 0 Å². The Morgan fingerprint density at radius 2 is 1.86 bits per heavy atom. The van der Waals surface area contributed by atoms with E-state index in [1.165, 1.54) is 6.07 Å². The lowest BCUT2D eigenvalue weighted by Crippen LogP contribution is -2.37. The summed E-state index contributed by atoms with van der Waals surface area (Å²) in [6.07, 6.45) is -3.05. The molecule has 0 saturated heterocycles. The Balaban J connectivity index is 1.79. The Morgan fingerprint density at radius 3 is 2.50 bits per heavy atom. The molecule has 4 nitrogen and oxygen atoms in total. The summed E-state index contributed by atoms with van der Waals surface area (Å²) in [5.41, 5.74) is 0.802. The second kappa shape index (κ2) is 10.0. The Bertz CT molecular complexity index is 761. The lowest BCUT2D eigenvalue weighted by molar-refractivity contribution is -0.137. The summed E-state index contributed by atoms with van der Waals surface area (Å²) in [5, 5.41) is 5.98. The highest BCUT2D eigenvalue weighted by Crippen LogP contribution is 2.29. The van der Waals surface area contributed by atoms with Gasteiger partial charge in [-0.25, -0.2) is 0 Å². The van der Waals surface area contributed by atoms with E-state index in [1.54, 1.807) is 25.1 Å². The fourth-order valence-electron chi connectivity index (χ4n) is 2.68. The van der Waals surface area contributed by atoms with Crippen molar-refractivity contribution < 1.29 is 22.7 Å². The SMILES string of the molecule is CCCNc1ccc(OCC(=O)NC(C)Cc2cccc(C(F)(F)F)c2)cc1. The number of ether oxygens (including phenoxy) is 1. The van der Waals surface area contributed by atoms with Crippen molar-refractivity contribution in [3.05, 3.63) is 59.7 Å². The maximum absolute atomic E-state index is 12.8. The van der Waals surface area contributed by atoms with Crippen LogP contribution in [0, 0.1) is 0 Å². The summed E-state index contributed by atoms with van der Waals surface area (Å²) in [6, 6.07) is 12.1. The predicted molar refractivity (Wildman–Crippen MR) is 103 cm³/mol. The quantitative estimate of drug-likeness (QED) is 0.651. The topological polar surface area (TPSA) is 50.4 Å². The van der Waals surface area contributed by atoms with E-state index in [0.717, 1.165) is 30.8 Å². The Labute approximate surface area is 163 Å². The minimum Gasteiger partial charge on any atom is -0.484 e. The number of nitrogens with one attached hydrogen (secondary N) is 2. The molecule has 0 spiro atoms. The highest BCUT2D eigenvalue weighted by molar-refractivity contribution is 5.77. The monoisotopic (exact) mass is 394 g/mol. The molecule has 0 aromatic heterocycles. The van der Waals surface area contributed by atoms with Gasteiger partial charge in [0.05, 0.1) is 5.56 Å². The van der Waals surface area contributed by atoms with Crippen LogP contribution in [0.4, 0.5) is 18.9 Å². The standard InChI is InChI=1S/C21H25F3N2O2/c1-3-11-25-18-7-9-19(10-8-18)28-14-20(27)26-15(2)12-16-5-4-6-17(13-16)21(22,23)24/h4-10,13,15,25H,3,11-12,14H2,1-2H3,(H,26,27). The molecule has 0 fully saturated rings. The zero-order chi connectivity index (χ0) is 20.6. The number of anilines is 1. The minimum atomic E-state index is -4.38. The van der Waals surface area contributed by atoms with E-state index in [-0.39, 0.29) is 18.6 Å². The largest absolute Gasteiger partial charge is 0.484 e. The second-order valence-corrected chi connectivity index (χ2v) is 6.61. The van der Waals surface area contributed by atoms with Crippen LogP contribution in [0.2, 0.25) is 0 Å². The van der Waals surface area contributed by atoms with Crippen molar-refractivity contribution in [2.24, 2.45) is 0 Å². The van der Waals surface area contributed by atoms with Gasteiger partial charge in [-0.05, 0) is 55.7 Å². The van der Waals surface area contributed by atoms with Gasteiger partial charge in [0.15, 0.2) is 6.61 Å². The van der Waals surface area contributed by atoms with E-state index in [9.17, 15) is 18.0 Å². The normalized spacial score (nSPS) is 12.3. The number of hydrogen-bond donors (Lipinski definition) is 2. The molecule has 28 heavy (non-hydrogen) atoms. The number of alkyl halides is 3. The second-order valence-electron chi connectivity index (χ2n) is 6.61. The molecule has 152 valence electrons. The van der Waals surface area contributed by atoms with Crippen molar-refractivity contribution in [1.82, 2.24) is 5.32 Å². The Kier molecular flexibility index (Phi) is 7.72. The van der Waals surface area contributed by atoms with Crippen LogP contribution in [0.15, 0.2) is 48.5 Å². The van der Waals surface area contributed by atoms with Gasteiger partial charge in [-0.2, -0.15) is 13.2 Å². The molecule has 1 amide bonds. The molecule has 1 atom stereocenters. The number of rotatable bonds is 9. The van der Waals surface area contributed by atoms with Crippen molar-refractivity contribution in [3.63, 3.8) is 0 Å². The van der Waals surface area contributed by atoms with Crippen molar-refractivity contribution >= 4 is 11.6 Å². The third-order valence-corrected chi connectivity index (χ3v) is 4.01. The average Bonchev–Trinajstić information content (AvgIpc) is 2.65. The van der Waals surface area contributed by atoms with Crippen LogP contribution in [0.25, 0.3) is 0 Å². The zero-order valence-corrected chi connectivity index (χ0v) is 16.0. The molecule has 7 heteroatoms. The van der Waals surface area contributed by atoms with E-state index in [2.05, 4.69) is 17.6 Å². The molecule has 0 aliphatic heterocycles. The zero-order valence-electron chi connectivity index (χ0n) is 16.0. The van der Waals surface area contributed by atoms with Crippen molar-refractivity contribution in [3.8, 4) is 5.75 Å². The van der Waals surface area contributed by atoms with Crippen LogP contribution in [-0.2, 0) is 17.4 Å². The lowest BCUT2D eigenvalue weighted by Gasteiger charge is -2.15. The van der Waals surface area contributed by atoms with E-state index in [4.69, 9.17) is 4.74 Å². The van der Waals surface area contributed by atoms with Crippen LogP contribution in [0.3, 0.4) is 0 Å². The van der Waals surface area contributed by atoms with E-state index in [1.807, 2.05) is 12.1 Å². The molecule has 0 saturated carbocycles. The summed E-state index contributed by atoms with van der Waals surface area (Å²) in [7, 11) is 0. The van der Waals surface area contributed by atoms with E-state index < -0.39 is 11.7 Å². The van der Waals surface area contributed by atoms with Gasteiger partial charge in [-0.15, -0.1) is 0 Å². The summed E-state index contributed by atoms with van der Waals surface area (Å²) < 4.78 is 43.8. The van der Waals surface area contributed by atoms with Crippen LogP contribution in [-0.4, -0.2) is 25.1 Å². The summed E-state index contributed by atoms with van der Waals surface area (Å²) >= 11 is 0. The number of halogens is 3. The molecule has 0 radical (unpaired) electrons. The molecular formula is C21H25F3N2O2. The number of carbonyl (C=O) groups excluding carboxylic acids is 1. The van der Waals surface area contributed by atoms with E-state index in [0.29, 0.717) is 17.7 Å². The maximum atomic E-state index is 12.8. The summed E-state index contributed by atoms with van der Waals surface area (Å²) in [4.78, 5) is 12.0. The van der Waals surface area contributed by atoms with Gasteiger partial charge < -0.3 is 15.4 Å². The first kappa shape index (κ1) is 21.6. The predicted octanol–water partition coefficient (Wildman–Crippen LogP) is 4.65. The fraction of sp³-hybridized carbons (Fsp3) is 0.381. The van der Waals surface area contributed by atoms with Gasteiger partial charge >= 0.3 is 6.18 Å². The number of carbonyl (C=O) groups is 1. The molecule has 0 aliphatic carbocycles. The fourth-order valence-corrected chi connectivity index (χ4v) is 2.68. The first-order chi connectivity index (χ1) is 13.3. The third-order valence-electron chi connectivity index (χ3n) is 4.01. The number of amides is 1. The van der Waals surface area contributed by atoms with Crippen LogP contribution < -0.4 is 15.4 Å². The molecule has 2 aromatic carbocycles. The molecule has 0 heterocycles. The van der Waals surface area contributed by atoms with Gasteiger partial charge in [0.1, 0.15) is 5.75 Å². The average molecular weight is 394 g/mol. The highest BCUT2D eigenvalue weighted by atomic mass is 19.4. The molecular weight excluding hydrogens is 369 g/mol. The first-order valence-electron chi connectivity index (χ1n) is 9.20. The molecule has 0 aliphatic rings. The Morgan fingerprint density at radius 1 is 1.14 bits per heavy atom. The molecule has 2 rings (SSSR count). The van der Waals surface area contributed by atoms with Crippen molar-refractivity contribution in [2.45, 2.75) is 38.9 Å². The maximum Gasteiger partial charge on any atom is 0.416 e. The van der Waals surface area contributed by atoms with Crippen LogP contribution in [0.1, 0.15) is 31.4 Å². The van der Waals surface area contributed by atoms with Gasteiger partial charge in [0.25, 0.3) is 5.91 Å². The number of hydrogen-bond acceptors (Lipinski definition) is 3. The third kappa shape index (κ3) is 7.13. The van der Waals surface area contributed by atoms with Crippen molar-refractivity contribution in [2.75, 3.05) is 18.5 Å². The summed E-state index contributed by atoms with van der Waals surface area (Å²) in [6.45, 7) is 4.55. The molecule has 2 aromatic rings. The van der Waals surface area contributed by atoms with Crippen molar-refractivity contribution in [1.29, 1.82) is 0 Å². The lowest BCUT2D eigenvalue weighted by atomic mass is 10.0. The number of benzene rings is 2. The molecule has 0 bridgehead atoms. The van der Waals surface area contributed by atoms with Gasteiger partial charge in [0, 0.05) is 18.3 Å². The van der Waals surface area contributed by atoms with Gasteiger partial charge in [-0.3, -0.25) is 4.79 Å². The van der Waals surface area contributed by atoms with Gasteiger partial charge in [0.2, 0.25) is 0 Å². The molecule has 2 N–H and O–H groups in total. The van der Waals surface area contributed by atoms with Gasteiger partial charge in [-0.1, -0.05) is 25.1 Å². The smallest absolute Gasteiger partial charge is 0.416 e. The summed E-state index contributed by atoms with van der Waals surface area (Å²) in [5.74, 6) is 0.246. The Hall–Kier alpha value is -2.70. The minimum absolute atomic E-state index is 0.158. The first-order valence-corrected chi connectivity index (χ1v) is 9.20. The molecule has 1 unspecified atom stereocenters. The van der Waals surface area contributed by atoms with Crippen LogP contribution in [0.5, 0.6) is 5.75 Å².